The van der Waals surface area contributed by atoms with Gasteiger partial charge in [0.2, 0.25) is 0 Å². The summed E-state index contributed by atoms with van der Waals surface area (Å²) in [6, 6.07) is 23.7. The van der Waals surface area contributed by atoms with E-state index in [4.69, 9.17) is 0 Å². The second-order valence-electron chi connectivity index (χ2n) is 6.19. The summed E-state index contributed by atoms with van der Waals surface area (Å²) < 4.78 is 1.83. The molecular weight excluding hydrogens is 308 g/mol. The molecule has 25 heavy (non-hydrogen) atoms. The van der Waals surface area contributed by atoms with Crippen molar-refractivity contribution in [1.82, 2.24) is 20.1 Å². The molecule has 0 aliphatic heterocycles. The Hall–Kier alpha value is -2.98. The number of aromatic nitrogens is 3. The van der Waals surface area contributed by atoms with Crippen LogP contribution in [0.5, 0.6) is 0 Å². The summed E-state index contributed by atoms with van der Waals surface area (Å²) in [4.78, 5) is 3.97. The largest absolute Gasteiger partial charge is 0.309 e. The Kier molecular flexibility index (Phi) is 4.53. The van der Waals surface area contributed by atoms with Crippen molar-refractivity contribution < 1.29 is 0 Å². The van der Waals surface area contributed by atoms with Crippen LogP contribution in [0, 0.1) is 0 Å². The van der Waals surface area contributed by atoms with Gasteiger partial charge in [-0.15, -0.1) is 0 Å². The van der Waals surface area contributed by atoms with Crippen LogP contribution in [0.3, 0.4) is 0 Å². The van der Waals surface area contributed by atoms with Crippen LogP contribution in [-0.4, -0.2) is 14.8 Å². The van der Waals surface area contributed by atoms with E-state index in [9.17, 15) is 0 Å². The molecule has 124 valence electrons. The molecule has 0 bridgehead atoms. The minimum atomic E-state index is 0.755. The molecule has 4 nitrogen and oxygen atoms in total. The number of rotatable bonds is 6. The van der Waals surface area contributed by atoms with Gasteiger partial charge in [-0.1, -0.05) is 60.7 Å². The molecule has 1 aromatic heterocycles. The lowest BCUT2D eigenvalue weighted by Crippen LogP contribution is -2.12. The van der Waals surface area contributed by atoms with Crippen LogP contribution in [0.1, 0.15) is 16.7 Å². The molecule has 0 aliphatic rings. The van der Waals surface area contributed by atoms with E-state index in [1.807, 2.05) is 4.68 Å². The van der Waals surface area contributed by atoms with E-state index < -0.39 is 0 Å². The zero-order valence-electron chi connectivity index (χ0n) is 14.0. The van der Waals surface area contributed by atoms with Gasteiger partial charge >= 0.3 is 0 Å². The maximum atomic E-state index is 4.13. The molecule has 4 heteroatoms. The van der Waals surface area contributed by atoms with Crippen molar-refractivity contribution in [3.05, 3.63) is 96.1 Å². The number of nitrogens with zero attached hydrogens (tertiary/aromatic N) is 3. The number of fused-ring (bicyclic) bond motifs is 1. The summed E-state index contributed by atoms with van der Waals surface area (Å²) >= 11 is 0. The summed E-state index contributed by atoms with van der Waals surface area (Å²) in [5.74, 6) is 0. The van der Waals surface area contributed by atoms with Crippen molar-refractivity contribution in [2.45, 2.75) is 19.6 Å². The van der Waals surface area contributed by atoms with Gasteiger partial charge in [0, 0.05) is 13.1 Å². The summed E-state index contributed by atoms with van der Waals surface area (Å²) in [5, 5.41) is 10.2. The third-order valence-corrected chi connectivity index (χ3v) is 4.31. The van der Waals surface area contributed by atoms with Gasteiger partial charge in [-0.3, -0.25) is 0 Å². The minimum Gasteiger partial charge on any atom is -0.309 e. The summed E-state index contributed by atoms with van der Waals surface area (Å²) in [7, 11) is 0. The number of hydrogen-bond donors (Lipinski definition) is 1. The van der Waals surface area contributed by atoms with E-state index in [-0.39, 0.29) is 0 Å². The lowest BCUT2D eigenvalue weighted by atomic mass is 10.1. The van der Waals surface area contributed by atoms with Crippen LogP contribution in [0.25, 0.3) is 10.8 Å². The van der Waals surface area contributed by atoms with Crippen LogP contribution < -0.4 is 5.32 Å². The predicted octanol–water partition coefficient (Wildman–Crippen LogP) is 3.77. The molecule has 0 saturated heterocycles. The Morgan fingerprint density at radius 1 is 0.760 bits per heavy atom. The van der Waals surface area contributed by atoms with Gasteiger partial charge in [-0.05, 0) is 33.5 Å². The fourth-order valence-corrected chi connectivity index (χ4v) is 2.96. The van der Waals surface area contributed by atoms with Gasteiger partial charge in [-0.25, -0.2) is 9.67 Å². The topological polar surface area (TPSA) is 42.7 Å². The first-order chi connectivity index (χ1) is 12.4. The molecule has 1 heterocycles. The van der Waals surface area contributed by atoms with Crippen molar-refractivity contribution >= 4 is 10.8 Å². The van der Waals surface area contributed by atoms with Gasteiger partial charge in [0.15, 0.2) is 0 Å². The Labute approximate surface area is 147 Å². The fraction of sp³-hybridized carbons (Fsp3) is 0.143. The first-order valence-electron chi connectivity index (χ1n) is 8.45. The average Bonchev–Trinajstić information content (AvgIpc) is 3.16. The molecule has 0 unspecified atom stereocenters. The molecular formula is C21H20N4. The lowest BCUT2D eigenvalue weighted by Gasteiger charge is -2.08. The van der Waals surface area contributed by atoms with E-state index in [1.165, 1.54) is 27.5 Å². The normalized spacial score (nSPS) is 11.0. The summed E-state index contributed by atoms with van der Waals surface area (Å²) in [6.07, 6.45) is 3.30. The van der Waals surface area contributed by atoms with Crippen molar-refractivity contribution in [2.24, 2.45) is 0 Å². The van der Waals surface area contributed by atoms with Crippen LogP contribution in [0.15, 0.2) is 79.4 Å². The van der Waals surface area contributed by atoms with Gasteiger partial charge in [0.05, 0.1) is 6.54 Å². The van der Waals surface area contributed by atoms with Crippen molar-refractivity contribution in [3.63, 3.8) is 0 Å². The monoisotopic (exact) mass is 328 g/mol. The van der Waals surface area contributed by atoms with Crippen molar-refractivity contribution in [2.75, 3.05) is 0 Å². The minimum absolute atomic E-state index is 0.755. The molecule has 0 atom stereocenters. The SMILES string of the molecule is c1ccc2cc(CNCc3ccc(Cn4cncn4)cc3)ccc2c1. The van der Waals surface area contributed by atoms with E-state index in [1.54, 1.807) is 12.7 Å². The van der Waals surface area contributed by atoms with E-state index in [2.05, 4.69) is 82.1 Å². The standard InChI is InChI=1S/C21H20N4/c1-2-4-21-11-19(9-10-20(21)3-1)13-22-12-17-5-7-18(8-6-17)14-25-16-23-15-24-25/h1-11,15-16,22H,12-14H2. The average molecular weight is 328 g/mol. The molecule has 0 aliphatic carbocycles. The summed E-state index contributed by atoms with van der Waals surface area (Å²) in [6.45, 7) is 2.48. The second-order valence-corrected chi connectivity index (χ2v) is 6.19. The van der Waals surface area contributed by atoms with Crippen molar-refractivity contribution in [3.8, 4) is 0 Å². The number of nitrogens with one attached hydrogen (secondary N) is 1. The smallest absolute Gasteiger partial charge is 0.137 e. The number of hydrogen-bond acceptors (Lipinski definition) is 3. The highest BCUT2D eigenvalue weighted by Gasteiger charge is 1.99. The Bertz CT molecular complexity index is 943. The summed E-state index contributed by atoms with van der Waals surface area (Å²) in [5.41, 5.74) is 3.81. The molecule has 4 rings (SSSR count). The molecule has 0 amide bonds. The molecule has 1 N–H and O–H groups in total. The zero-order chi connectivity index (χ0) is 16.9. The van der Waals surface area contributed by atoms with E-state index >= 15 is 0 Å². The zero-order valence-corrected chi connectivity index (χ0v) is 14.0. The first-order valence-corrected chi connectivity index (χ1v) is 8.45. The molecule has 0 spiro atoms. The molecule has 0 fully saturated rings. The van der Waals surface area contributed by atoms with Gasteiger partial charge in [0.1, 0.15) is 12.7 Å². The van der Waals surface area contributed by atoms with Gasteiger partial charge < -0.3 is 5.32 Å². The Balaban J connectivity index is 1.33. The van der Waals surface area contributed by atoms with Crippen LogP contribution in [-0.2, 0) is 19.6 Å². The third-order valence-electron chi connectivity index (χ3n) is 4.31. The predicted molar refractivity (Wildman–Crippen MR) is 100 cm³/mol. The molecule has 0 radical (unpaired) electrons. The molecule has 0 saturated carbocycles. The third kappa shape index (κ3) is 3.92. The van der Waals surface area contributed by atoms with Crippen LogP contribution in [0.2, 0.25) is 0 Å². The molecule has 3 aromatic carbocycles. The fourth-order valence-electron chi connectivity index (χ4n) is 2.96. The van der Waals surface area contributed by atoms with Crippen LogP contribution >= 0.6 is 0 Å². The number of benzene rings is 3. The lowest BCUT2D eigenvalue weighted by molar-refractivity contribution is 0.680. The van der Waals surface area contributed by atoms with Crippen LogP contribution in [0.4, 0.5) is 0 Å². The van der Waals surface area contributed by atoms with E-state index in [0.717, 1.165) is 19.6 Å². The molecule has 4 aromatic rings. The van der Waals surface area contributed by atoms with Crippen molar-refractivity contribution in [1.29, 1.82) is 0 Å². The van der Waals surface area contributed by atoms with Gasteiger partial charge in [-0.2, -0.15) is 5.10 Å². The maximum absolute atomic E-state index is 4.13. The highest BCUT2D eigenvalue weighted by atomic mass is 15.3. The highest BCUT2D eigenvalue weighted by molar-refractivity contribution is 5.82. The Morgan fingerprint density at radius 3 is 2.28 bits per heavy atom. The second kappa shape index (κ2) is 7.28. The first kappa shape index (κ1) is 15.5. The maximum Gasteiger partial charge on any atom is 0.137 e. The van der Waals surface area contributed by atoms with Gasteiger partial charge in [0.25, 0.3) is 0 Å². The Morgan fingerprint density at radius 2 is 1.48 bits per heavy atom. The highest BCUT2D eigenvalue weighted by Crippen LogP contribution is 2.15. The van der Waals surface area contributed by atoms with E-state index in [0.29, 0.717) is 0 Å². The quantitative estimate of drug-likeness (QED) is 0.586.